The van der Waals surface area contributed by atoms with Gasteiger partial charge in [-0.1, -0.05) is 56.7 Å². The van der Waals surface area contributed by atoms with E-state index in [9.17, 15) is 4.79 Å². The molecule has 0 aromatic heterocycles. The lowest BCUT2D eigenvalue weighted by atomic mass is 10.0. The molecule has 1 heterocycles. The maximum absolute atomic E-state index is 11.4. The number of carbonyl (C=O) groups excluding carboxylic acids is 1. The standard InChI is InChI=1S/C23H36O4/c1-5-9-14-21(26-18-19(11-6-2)12-7-3)22-17-16-20(27-22)13-10-15-23(24)25-8-4/h6-7,10-12,15,20-22H,2,5,8-9,13-14,16-18H2,1,3-4H3/b12-7-,15-10+,19-11+/t20-,21?,22-/m1/s1. The lowest BCUT2D eigenvalue weighted by Crippen LogP contribution is -2.30. The molecular formula is C23H36O4. The fourth-order valence-electron chi connectivity index (χ4n) is 3.19. The Morgan fingerprint density at radius 2 is 2.11 bits per heavy atom. The molecule has 0 aromatic rings. The summed E-state index contributed by atoms with van der Waals surface area (Å²) < 4.78 is 17.4. The molecule has 27 heavy (non-hydrogen) atoms. The van der Waals surface area contributed by atoms with E-state index in [2.05, 4.69) is 19.6 Å². The van der Waals surface area contributed by atoms with Crippen LogP contribution in [-0.2, 0) is 19.0 Å². The topological polar surface area (TPSA) is 44.8 Å². The van der Waals surface area contributed by atoms with Crippen LogP contribution in [0.5, 0.6) is 0 Å². The number of unbranched alkanes of at least 4 members (excludes halogenated alkanes) is 1. The van der Waals surface area contributed by atoms with Crippen LogP contribution in [0.2, 0.25) is 0 Å². The first-order valence-electron chi connectivity index (χ1n) is 10.2. The smallest absolute Gasteiger partial charge is 0.330 e. The van der Waals surface area contributed by atoms with Gasteiger partial charge in [-0.05, 0) is 45.1 Å². The van der Waals surface area contributed by atoms with Crippen LogP contribution in [0.1, 0.15) is 59.3 Å². The van der Waals surface area contributed by atoms with Crippen molar-refractivity contribution in [3.63, 3.8) is 0 Å². The van der Waals surface area contributed by atoms with Crippen molar-refractivity contribution in [2.75, 3.05) is 13.2 Å². The second-order valence-electron chi connectivity index (χ2n) is 6.73. The van der Waals surface area contributed by atoms with Gasteiger partial charge in [-0.25, -0.2) is 4.79 Å². The van der Waals surface area contributed by atoms with Crippen molar-refractivity contribution in [2.24, 2.45) is 0 Å². The third-order valence-electron chi connectivity index (χ3n) is 4.51. The van der Waals surface area contributed by atoms with Crippen LogP contribution in [0.15, 0.2) is 48.6 Å². The summed E-state index contributed by atoms with van der Waals surface area (Å²) in [5, 5.41) is 0. The number of ether oxygens (including phenoxy) is 3. The van der Waals surface area contributed by atoms with Crippen LogP contribution in [0.3, 0.4) is 0 Å². The molecule has 0 spiro atoms. The fraction of sp³-hybridized carbons (Fsp3) is 0.609. The predicted octanol–water partition coefficient (Wildman–Crippen LogP) is 5.31. The Morgan fingerprint density at radius 1 is 1.30 bits per heavy atom. The minimum absolute atomic E-state index is 0.0995. The maximum Gasteiger partial charge on any atom is 0.330 e. The Bertz CT molecular complexity index is 518. The maximum atomic E-state index is 11.4. The number of hydrogen-bond donors (Lipinski definition) is 0. The monoisotopic (exact) mass is 376 g/mol. The molecule has 0 bridgehead atoms. The van der Waals surface area contributed by atoms with Crippen LogP contribution in [0, 0.1) is 0 Å². The van der Waals surface area contributed by atoms with Crippen LogP contribution in [0.4, 0.5) is 0 Å². The summed E-state index contributed by atoms with van der Waals surface area (Å²) in [7, 11) is 0. The van der Waals surface area contributed by atoms with Gasteiger partial charge in [0.15, 0.2) is 0 Å². The van der Waals surface area contributed by atoms with Crippen molar-refractivity contribution in [3.05, 3.63) is 48.6 Å². The average Bonchev–Trinajstić information content (AvgIpc) is 3.11. The summed E-state index contributed by atoms with van der Waals surface area (Å²) in [6.45, 7) is 10.7. The van der Waals surface area contributed by atoms with Crippen molar-refractivity contribution in [2.45, 2.75) is 77.6 Å². The SMILES string of the molecule is C=C/C=C(\C=C/C)COC(CCCC)[C@H]1CC[C@@H](C/C=C/C(=O)OCC)O1. The van der Waals surface area contributed by atoms with Crippen molar-refractivity contribution in [1.29, 1.82) is 0 Å². The molecule has 4 heteroatoms. The first-order chi connectivity index (χ1) is 13.1. The zero-order chi connectivity index (χ0) is 19.9. The fourth-order valence-corrected chi connectivity index (χ4v) is 3.19. The van der Waals surface area contributed by atoms with Crippen molar-refractivity contribution >= 4 is 5.97 Å². The van der Waals surface area contributed by atoms with Crippen LogP contribution >= 0.6 is 0 Å². The van der Waals surface area contributed by atoms with Crippen LogP contribution in [-0.4, -0.2) is 37.5 Å². The molecule has 0 aliphatic carbocycles. The van der Waals surface area contributed by atoms with E-state index in [-0.39, 0.29) is 24.3 Å². The minimum atomic E-state index is -0.290. The molecule has 0 saturated carbocycles. The molecular weight excluding hydrogens is 340 g/mol. The molecule has 0 N–H and O–H groups in total. The van der Waals surface area contributed by atoms with Gasteiger partial charge in [0.05, 0.1) is 31.5 Å². The van der Waals surface area contributed by atoms with E-state index in [0.717, 1.165) is 44.1 Å². The number of hydrogen-bond acceptors (Lipinski definition) is 4. The van der Waals surface area contributed by atoms with Gasteiger partial charge in [0.25, 0.3) is 0 Å². The zero-order valence-electron chi connectivity index (χ0n) is 17.2. The zero-order valence-corrected chi connectivity index (χ0v) is 17.2. The van der Waals surface area contributed by atoms with Gasteiger partial charge in [-0.2, -0.15) is 0 Å². The minimum Gasteiger partial charge on any atom is -0.463 e. The molecule has 152 valence electrons. The second kappa shape index (κ2) is 14.4. The number of allylic oxidation sites excluding steroid dienone is 3. The summed E-state index contributed by atoms with van der Waals surface area (Å²) in [5.74, 6) is -0.290. The van der Waals surface area contributed by atoms with Gasteiger partial charge >= 0.3 is 5.97 Å². The highest BCUT2D eigenvalue weighted by Crippen LogP contribution is 2.28. The predicted molar refractivity (Wildman–Crippen MR) is 111 cm³/mol. The van der Waals surface area contributed by atoms with Crippen molar-refractivity contribution in [3.8, 4) is 0 Å². The van der Waals surface area contributed by atoms with E-state index in [0.29, 0.717) is 13.2 Å². The summed E-state index contributed by atoms with van der Waals surface area (Å²) in [5.41, 5.74) is 1.11. The van der Waals surface area contributed by atoms with Gasteiger partial charge in [0.2, 0.25) is 0 Å². The summed E-state index contributed by atoms with van der Waals surface area (Å²) in [6, 6.07) is 0. The van der Waals surface area contributed by atoms with E-state index >= 15 is 0 Å². The molecule has 0 amide bonds. The Morgan fingerprint density at radius 3 is 2.78 bits per heavy atom. The molecule has 1 rings (SSSR count). The highest BCUT2D eigenvalue weighted by molar-refractivity contribution is 5.81. The highest BCUT2D eigenvalue weighted by atomic mass is 16.5. The lowest BCUT2D eigenvalue weighted by molar-refractivity contribution is -0.137. The van der Waals surface area contributed by atoms with Crippen LogP contribution in [0.25, 0.3) is 0 Å². The number of rotatable bonds is 13. The molecule has 1 fully saturated rings. The van der Waals surface area contributed by atoms with Gasteiger partial charge in [-0.3, -0.25) is 0 Å². The first kappa shape index (κ1) is 23.4. The van der Waals surface area contributed by atoms with Gasteiger partial charge in [0, 0.05) is 6.08 Å². The van der Waals surface area contributed by atoms with Crippen molar-refractivity contribution < 1.29 is 19.0 Å². The third-order valence-corrected chi connectivity index (χ3v) is 4.51. The van der Waals surface area contributed by atoms with E-state index in [4.69, 9.17) is 14.2 Å². The van der Waals surface area contributed by atoms with E-state index < -0.39 is 0 Å². The lowest BCUT2D eigenvalue weighted by Gasteiger charge is -2.24. The molecule has 1 aliphatic rings. The average molecular weight is 377 g/mol. The summed E-state index contributed by atoms with van der Waals surface area (Å²) in [6.07, 6.45) is 17.5. The molecule has 0 aromatic carbocycles. The third kappa shape index (κ3) is 9.73. The van der Waals surface area contributed by atoms with Gasteiger partial charge in [0.1, 0.15) is 0 Å². The molecule has 0 radical (unpaired) electrons. The molecule has 3 atom stereocenters. The molecule has 1 aliphatic heterocycles. The van der Waals surface area contributed by atoms with E-state index in [1.165, 1.54) is 6.08 Å². The molecule has 1 saturated heterocycles. The van der Waals surface area contributed by atoms with Crippen molar-refractivity contribution in [1.82, 2.24) is 0 Å². The molecule has 1 unspecified atom stereocenters. The first-order valence-corrected chi connectivity index (χ1v) is 10.2. The van der Waals surface area contributed by atoms with E-state index in [1.807, 2.05) is 25.2 Å². The summed E-state index contributed by atoms with van der Waals surface area (Å²) >= 11 is 0. The quantitative estimate of drug-likeness (QED) is 0.248. The Balaban J connectivity index is 2.55. The highest BCUT2D eigenvalue weighted by Gasteiger charge is 2.31. The Hall–Kier alpha value is -1.65. The Labute approximate surface area is 165 Å². The van der Waals surface area contributed by atoms with Gasteiger partial charge < -0.3 is 14.2 Å². The van der Waals surface area contributed by atoms with Crippen LogP contribution < -0.4 is 0 Å². The Kier molecular flexibility index (Phi) is 12.5. The second-order valence-corrected chi connectivity index (χ2v) is 6.73. The number of esters is 1. The van der Waals surface area contributed by atoms with Gasteiger partial charge in [-0.15, -0.1) is 0 Å². The largest absolute Gasteiger partial charge is 0.463 e. The number of carbonyl (C=O) groups is 1. The normalized spacial score (nSPS) is 21.8. The van der Waals surface area contributed by atoms with E-state index in [1.54, 1.807) is 13.0 Å². The molecule has 4 nitrogen and oxygen atoms in total. The summed E-state index contributed by atoms with van der Waals surface area (Å²) in [4.78, 5) is 11.4.